The normalized spacial score (nSPS) is 11.2. The minimum Gasteiger partial charge on any atom is -0.343 e. The molecule has 0 aliphatic heterocycles. The van der Waals surface area contributed by atoms with Crippen LogP contribution in [0.4, 0.5) is 5.95 Å². The lowest BCUT2D eigenvalue weighted by Gasteiger charge is -2.08. The molecule has 130 valence electrons. The Kier molecular flexibility index (Phi) is 4.22. The first kappa shape index (κ1) is 16.4. The Morgan fingerprint density at radius 1 is 1.23 bits per heavy atom. The van der Waals surface area contributed by atoms with E-state index in [1.54, 1.807) is 18.5 Å². The SMILES string of the molecule is CC(C)n1cc(-c2ccnc(NC(=O)c3cccs3)n2)c2ccncc21. The summed E-state index contributed by atoms with van der Waals surface area (Å²) in [6, 6.07) is 7.74. The summed E-state index contributed by atoms with van der Waals surface area (Å²) in [6.07, 6.45) is 7.37. The van der Waals surface area contributed by atoms with Crippen LogP contribution in [0.2, 0.25) is 0 Å². The monoisotopic (exact) mass is 363 g/mol. The summed E-state index contributed by atoms with van der Waals surface area (Å²) in [7, 11) is 0. The molecule has 0 aliphatic carbocycles. The first-order valence-electron chi connectivity index (χ1n) is 8.26. The van der Waals surface area contributed by atoms with Gasteiger partial charge in [-0.3, -0.25) is 15.1 Å². The Morgan fingerprint density at radius 3 is 2.88 bits per heavy atom. The summed E-state index contributed by atoms with van der Waals surface area (Å²) in [5, 5.41) is 5.70. The van der Waals surface area contributed by atoms with Crippen molar-refractivity contribution in [2.75, 3.05) is 5.32 Å². The van der Waals surface area contributed by atoms with Gasteiger partial charge < -0.3 is 4.57 Å². The van der Waals surface area contributed by atoms with Gasteiger partial charge in [-0.1, -0.05) is 6.07 Å². The average molecular weight is 363 g/mol. The molecule has 4 aromatic heterocycles. The summed E-state index contributed by atoms with van der Waals surface area (Å²) in [4.78, 5) is 25.8. The molecule has 0 aromatic carbocycles. The molecule has 0 saturated heterocycles. The van der Waals surface area contributed by atoms with Gasteiger partial charge in [0, 0.05) is 35.6 Å². The van der Waals surface area contributed by atoms with Crippen LogP contribution in [0.15, 0.2) is 54.4 Å². The number of nitrogens with one attached hydrogen (secondary N) is 1. The molecule has 0 radical (unpaired) electrons. The molecular formula is C19H17N5OS. The van der Waals surface area contributed by atoms with Crippen molar-refractivity contribution in [3.63, 3.8) is 0 Å². The van der Waals surface area contributed by atoms with Crippen LogP contribution in [0, 0.1) is 0 Å². The molecule has 0 fully saturated rings. The average Bonchev–Trinajstić information content (AvgIpc) is 3.30. The van der Waals surface area contributed by atoms with E-state index in [-0.39, 0.29) is 5.91 Å². The van der Waals surface area contributed by atoms with Crippen LogP contribution in [-0.2, 0) is 0 Å². The predicted octanol–water partition coefficient (Wildman–Crippen LogP) is 4.39. The van der Waals surface area contributed by atoms with Crippen molar-refractivity contribution >= 4 is 34.1 Å². The molecule has 0 spiro atoms. The van der Waals surface area contributed by atoms with Crippen LogP contribution >= 0.6 is 11.3 Å². The van der Waals surface area contributed by atoms with Gasteiger partial charge in [0.25, 0.3) is 5.91 Å². The number of anilines is 1. The number of carbonyl (C=O) groups is 1. The molecule has 0 unspecified atom stereocenters. The van der Waals surface area contributed by atoms with Gasteiger partial charge in [0.15, 0.2) is 0 Å². The number of rotatable bonds is 4. The lowest BCUT2D eigenvalue weighted by Crippen LogP contribution is -2.12. The largest absolute Gasteiger partial charge is 0.343 e. The van der Waals surface area contributed by atoms with E-state index < -0.39 is 0 Å². The molecule has 26 heavy (non-hydrogen) atoms. The maximum Gasteiger partial charge on any atom is 0.268 e. The summed E-state index contributed by atoms with van der Waals surface area (Å²) in [5.41, 5.74) is 2.81. The summed E-state index contributed by atoms with van der Waals surface area (Å²) < 4.78 is 2.17. The number of hydrogen-bond donors (Lipinski definition) is 1. The van der Waals surface area contributed by atoms with E-state index in [9.17, 15) is 4.79 Å². The second kappa shape index (κ2) is 6.68. The molecular weight excluding hydrogens is 346 g/mol. The number of aromatic nitrogens is 4. The minimum absolute atomic E-state index is 0.203. The first-order chi connectivity index (χ1) is 12.6. The van der Waals surface area contributed by atoms with Crippen LogP contribution in [0.3, 0.4) is 0 Å². The standard InChI is InChI=1S/C19H17N5OS/c1-12(2)24-11-14(13-5-7-20-10-16(13)24)15-6-8-21-19(22-15)23-18(25)17-4-3-9-26-17/h3-12H,1-2H3,(H,21,22,23,25). The molecule has 6 nitrogen and oxygen atoms in total. The molecule has 4 rings (SSSR count). The number of fused-ring (bicyclic) bond motifs is 1. The van der Waals surface area contributed by atoms with Gasteiger partial charge in [0.2, 0.25) is 5.95 Å². The van der Waals surface area contributed by atoms with Crippen LogP contribution in [0.5, 0.6) is 0 Å². The summed E-state index contributed by atoms with van der Waals surface area (Å²) >= 11 is 1.38. The fourth-order valence-corrected chi connectivity index (χ4v) is 3.49. The summed E-state index contributed by atoms with van der Waals surface area (Å²) in [5.74, 6) is 0.0892. The Labute approximate surface area is 154 Å². The molecule has 1 amide bonds. The predicted molar refractivity (Wildman–Crippen MR) is 103 cm³/mol. The van der Waals surface area contributed by atoms with E-state index in [2.05, 4.69) is 44.9 Å². The molecule has 4 heterocycles. The second-order valence-electron chi connectivity index (χ2n) is 6.13. The highest BCUT2D eigenvalue weighted by molar-refractivity contribution is 7.12. The number of thiophene rings is 1. The smallest absolute Gasteiger partial charge is 0.268 e. The fraction of sp³-hybridized carbons (Fsp3) is 0.158. The number of hydrogen-bond acceptors (Lipinski definition) is 5. The molecule has 4 aromatic rings. The van der Waals surface area contributed by atoms with Crippen molar-refractivity contribution in [2.45, 2.75) is 19.9 Å². The Morgan fingerprint density at radius 2 is 2.12 bits per heavy atom. The number of carbonyl (C=O) groups excluding carboxylic acids is 1. The highest BCUT2D eigenvalue weighted by atomic mass is 32.1. The molecule has 0 saturated carbocycles. The van der Waals surface area contributed by atoms with Crippen LogP contribution in [-0.4, -0.2) is 25.4 Å². The highest BCUT2D eigenvalue weighted by Gasteiger charge is 2.15. The Bertz CT molecular complexity index is 1070. The van der Waals surface area contributed by atoms with Crippen molar-refractivity contribution in [3.05, 3.63) is 59.3 Å². The topological polar surface area (TPSA) is 72.7 Å². The van der Waals surface area contributed by atoms with Crippen molar-refractivity contribution in [1.29, 1.82) is 0 Å². The third-order valence-electron chi connectivity index (χ3n) is 4.09. The maximum atomic E-state index is 12.2. The van der Waals surface area contributed by atoms with Crippen molar-refractivity contribution in [1.82, 2.24) is 19.5 Å². The third-order valence-corrected chi connectivity index (χ3v) is 4.96. The zero-order valence-corrected chi connectivity index (χ0v) is 15.2. The fourth-order valence-electron chi connectivity index (χ4n) is 2.87. The van der Waals surface area contributed by atoms with Crippen LogP contribution in [0.25, 0.3) is 22.2 Å². The second-order valence-corrected chi connectivity index (χ2v) is 7.08. The first-order valence-corrected chi connectivity index (χ1v) is 9.14. The number of pyridine rings is 1. The molecule has 0 bridgehead atoms. The van der Waals surface area contributed by atoms with Gasteiger partial charge in [-0.2, -0.15) is 0 Å². The van der Waals surface area contributed by atoms with E-state index in [1.165, 1.54) is 11.3 Å². The highest BCUT2D eigenvalue weighted by Crippen LogP contribution is 2.31. The molecule has 1 N–H and O–H groups in total. The zero-order chi connectivity index (χ0) is 18.1. The van der Waals surface area contributed by atoms with E-state index >= 15 is 0 Å². The Hall–Kier alpha value is -3.06. The van der Waals surface area contributed by atoms with Crippen molar-refractivity contribution in [3.8, 4) is 11.3 Å². The number of amides is 1. The van der Waals surface area contributed by atoms with Gasteiger partial charge in [-0.15, -0.1) is 11.3 Å². The van der Waals surface area contributed by atoms with Gasteiger partial charge in [-0.05, 0) is 37.4 Å². The maximum absolute atomic E-state index is 12.2. The van der Waals surface area contributed by atoms with Crippen molar-refractivity contribution < 1.29 is 4.79 Å². The molecule has 0 aliphatic rings. The van der Waals surface area contributed by atoms with Gasteiger partial charge in [-0.25, -0.2) is 9.97 Å². The molecule has 7 heteroatoms. The zero-order valence-electron chi connectivity index (χ0n) is 14.4. The van der Waals surface area contributed by atoms with Gasteiger partial charge in [0.1, 0.15) is 0 Å². The van der Waals surface area contributed by atoms with E-state index in [0.29, 0.717) is 16.9 Å². The Balaban J connectivity index is 1.73. The van der Waals surface area contributed by atoms with E-state index in [1.807, 2.05) is 29.8 Å². The molecule has 0 atom stereocenters. The van der Waals surface area contributed by atoms with Gasteiger partial charge >= 0.3 is 0 Å². The van der Waals surface area contributed by atoms with Gasteiger partial charge in [0.05, 0.1) is 22.3 Å². The van der Waals surface area contributed by atoms with E-state index in [4.69, 9.17) is 0 Å². The summed E-state index contributed by atoms with van der Waals surface area (Å²) in [6.45, 7) is 4.26. The third kappa shape index (κ3) is 2.97. The lowest BCUT2D eigenvalue weighted by molar-refractivity contribution is 0.102. The minimum atomic E-state index is -0.203. The lowest BCUT2D eigenvalue weighted by atomic mass is 10.1. The quantitative estimate of drug-likeness (QED) is 0.584. The van der Waals surface area contributed by atoms with E-state index in [0.717, 1.165) is 22.2 Å². The number of nitrogens with zero attached hydrogens (tertiary/aromatic N) is 4. The van der Waals surface area contributed by atoms with Crippen LogP contribution in [0.1, 0.15) is 29.6 Å². The van der Waals surface area contributed by atoms with Crippen molar-refractivity contribution in [2.24, 2.45) is 0 Å². The van der Waals surface area contributed by atoms with Crippen LogP contribution < -0.4 is 5.32 Å².